The largest absolute Gasteiger partial charge is 0.508 e. The molecule has 1 aliphatic rings. The number of anilines is 1. The van der Waals surface area contributed by atoms with Gasteiger partial charge in [-0.15, -0.1) is 0 Å². The third-order valence-electron chi connectivity index (χ3n) is 5.04. The number of rotatable bonds is 5. The summed E-state index contributed by atoms with van der Waals surface area (Å²) in [4.78, 5) is 14.7. The molecule has 1 aliphatic carbocycles. The molecule has 0 bridgehead atoms. The second-order valence-corrected chi connectivity index (χ2v) is 8.61. The Balaban J connectivity index is 1.78. The highest BCUT2D eigenvalue weighted by Gasteiger charge is 2.26. The number of nitrogens with one attached hydrogen (secondary N) is 1. The van der Waals surface area contributed by atoms with Crippen LogP contribution < -0.4 is 10.5 Å². The number of hydrogen-bond acceptors (Lipinski definition) is 4. The number of carbonyl (C=O) groups excluding carboxylic acids is 1. The monoisotopic (exact) mass is 403 g/mol. The molecule has 150 valence electrons. The molecule has 0 unspecified atom stereocenters. The molecule has 2 aromatic carbocycles. The summed E-state index contributed by atoms with van der Waals surface area (Å²) in [5.74, 6) is 0.161. The summed E-state index contributed by atoms with van der Waals surface area (Å²) in [7, 11) is -3.78. The van der Waals surface area contributed by atoms with Crippen LogP contribution in [0.15, 0.2) is 53.4 Å². The Kier molecular flexibility index (Phi) is 6.21. The van der Waals surface area contributed by atoms with Crippen molar-refractivity contribution in [2.45, 2.75) is 49.6 Å². The van der Waals surface area contributed by atoms with Gasteiger partial charge in [0.25, 0.3) is 0 Å². The zero-order chi connectivity index (χ0) is 20.1. The van der Waals surface area contributed by atoms with Gasteiger partial charge in [0.05, 0.1) is 11.4 Å². The van der Waals surface area contributed by atoms with Gasteiger partial charge in [0.1, 0.15) is 5.75 Å². The summed E-state index contributed by atoms with van der Waals surface area (Å²) in [5, 5.41) is 18.0. The van der Waals surface area contributed by atoms with E-state index in [-0.39, 0.29) is 22.7 Å². The summed E-state index contributed by atoms with van der Waals surface area (Å²) in [6, 6.07) is 12.5. The fourth-order valence-electron chi connectivity index (χ4n) is 3.51. The predicted octanol–water partition coefficient (Wildman–Crippen LogP) is 3.41. The van der Waals surface area contributed by atoms with Crippen molar-refractivity contribution in [1.82, 2.24) is 4.90 Å². The van der Waals surface area contributed by atoms with Gasteiger partial charge < -0.3 is 15.3 Å². The lowest BCUT2D eigenvalue weighted by molar-refractivity contribution is 0.162. The number of urea groups is 1. The van der Waals surface area contributed by atoms with Crippen molar-refractivity contribution in [3.8, 4) is 5.75 Å². The first kappa shape index (κ1) is 20.2. The number of amides is 2. The lowest BCUT2D eigenvalue weighted by Crippen LogP contribution is -2.43. The number of phenolic OH excluding ortho intramolecular Hbond substituents is 1. The van der Waals surface area contributed by atoms with E-state index in [1.54, 1.807) is 23.1 Å². The highest BCUT2D eigenvalue weighted by Crippen LogP contribution is 2.27. The number of phenols is 1. The standard InChI is InChI=1S/C20H25N3O4S/c21-28(26,27)18-12-10-16(11-13-18)22-20(25)23(17-7-2-1-3-8-17)14-15-6-4-5-9-19(15)24/h4-6,9-13,17,24H,1-3,7-8,14H2,(H,22,25)(H2,21,26,27). The molecular formula is C20H25N3O4S. The Hall–Kier alpha value is -2.58. The molecule has 3 rings (SSSR count). The molecule has 0 heterocycles. The summed E-state index contributed by atoms with van der Waals surface area (Å²) in [5.41, 5.74) is 1.17. The fraction of sp³-hybridized carbons (Fsp3) is 0.350. The van der Waals surface area contributed by atoms with Gasteiger partial charge in [0, 0.05) is 17.3 Å². The van der Waals surface area contributed by atoms with E-state index in [0.717, 1.165) is 32.1 Å². The molecule has 2 amide bonds. The quantitative estimate of drug-likeness (QED) is 0.710. The molecule has 0 aromatic heterocycles. The van der Waals surface area contributed by atoms with Crippen LogP contribution in [-0.4, -0.2) is 30.5 Å². The number of benzene rings is 2. The fourth-order valence-corrected chi connectivity index (χ4v) is 4.03. The third-order valence-corrected chi connectivity index (χ3v) is 5.97. The molecule has 0 radical (unpaired) electrons. The van der Waals surface area contributed by atoms with E-state index < -0.39 is 10.0 Å². The van der Waals surface area contributed by atoms with Crippen molar-refractivity contribution >= 4 is 21.7 Å². The molecule has 8 heteroatoms. The first-order valence-corrected chi connectivity index (χ1v) is 10.9. The van der Waals surface area contributed by atoms with Crippen molar-refractivity contribution in [3.63, 3.8) is 0 Å². The van der Waals surface area contributed by atoms with E-state index >= 15 is 0 Å². The summed E-state index contributed by atoms with van der Waals surface area (Å²) >= 11 is 0. The van der Waals surface area contributed by atoms with Crippen molar-refractivity contribution in [2.24, 2.45) is 5.14 Å². The van der Waals surface area contributed by atoms with Gasteiger partial charge in [-0.05, 0) is 43.2 Å². The van der Waals surface area contributed by atoms with Gasteiger partial charge in [-0.25, -0.2) is 18.4 Å². The van der Waals surface area contributed by atoms with Gasteiger partial charge in [0.15, 0.2) is 0 Å². The predicted molar refractivity (Wildman–Crippen MR) is 107 cm³/mol. The van der Waals surface area contributed by atoms with E-state index in [1.807, 2.05) is 6.07 Å². The molecule has 4 N–H and O–H groups in total. The Morgan fingerprint density at radius 3 is 2.32 bits per heavy atom. The number of carbonyl (C=O) groups is 1. The summed E-state index contributed by atoms with van der Waals surface area (Å²) in [6.07, 6.45) is 5.14. The number of nitrogens with two attached hydrogens (primary N) is 1. The maximum atomic E-state index is 13.0. The molecule has 1 fully saturated rings. The second-order valence-electron chi connectivity index (χ2n) is 7.05. The summed E-state index contributed by atoms with van der Waals surface area (Å²) < 4.78 is 22.7. The maximum Gasteiger partial charge on any atom is 0.322 e. The number of para-hydroxylation sites is 1. The van der Waals surface area contributed by atoms with Crippen molar-refractivity contribution in [3.05, 3.63) is 54.1 Å². The second kappa shape index (κ2) is 8.62. The minimum absolute atomic E-state index is 0.0103. The number of sulfonamides is 1. The van der Waals surface area contributed by atoms with Gasteiger partial charge >= 0.3 is 6.03 Å². The highest BCUT2D eigenvalue weighted by atomic mass is 32.2. The SMILES string of the molecule is NS(=O)(=O)c1ccc(NC(=O)N(Cc2ccccc2O)C2CCCCC2)cc1. The number of primary sulfonamides is 1. The van der Waals surface area contributed by atoms with Crippen molar-refractivity contribution < 1.29 is 18.3 Å². The third kappa shape index (κ3) is 5.02. The van der Waals surface area contributed by atoms with E-state index in [2.05, 4.69) is 5.32 Å². The van der Waals surface area contributed by atoms with E-state index in [0.29, 0.717) is 17.8 Å². The zero-order valence-corrected chi connectivity index (χ0v) is 16.4. The van der Waals surface area contributed by atoms with Crippen LogP contribution in [0.3, 0.4) is 0 Å². The minimum Gasteiger partial charge on any atom is -0.508 e. The number of aromatic hydroxyl groups is 1. The topological polar surface area (TPSA) is 113 Å². The van der Waals surface area contributed by atoms with Crippen LogP contribution in [-0.2, 0) is 16.6 Å². The van der Waals surface area contributed by atoms with Crippen LogP contribution in [0, 0.1) is 0 Å². The van der Waals surface area contributed by atoms with Crippen LogP contribution in [0.1, 0.15) is 37.7 Å². The molecule has 0 saturated heterocycles. The smallest absolute Gasteiger partial charge is 0.322 e. The number of nitrogens with zero attached hydrogens (tertiary/aromatic N) is 1. The van der Waals surface area contributed by atoms with E-state index in [9.17, 15) is 18.3 Å². The maximum absolute atomic E-state index is 13.0. The lowest BCUT2D eigenvalue weighted by atomic mass is 9.94. The highest BCUT2D eigenvalue weighted by molar-refractivity contribution is 7.89. The Morgan fingerprint density at radius 2 is 1.71 bits per heavy atom. The molecule has 2 aromatic rings. The van der Waals surface area contributed by atoms with E-state index in [1.165, 1.54) is 24.3 Å². The van der Waals surface area contributed by atoms with Gasteiger partial charge in [0.2, 0.25) is 10.0 Å². The van der Waals surface area contributed by atoms with E-state index in [4.69, 9.17) is 5.14 Å². The minimum atomic E-state index is -3.78. The van der Waals surface area contributed by atoms with Crippen LogP contribution in [0.4, 0.5) is 10.5 Å². The first-order chi connectivity index (χ1) is 13.3. The first-order valence-electron chi connectivity index (χ1n) is 9.32. The molecule has 0 spiro atoms. The molecular weight excluding hydrogens is 378 g/mol. The van der Waals surface area contributed by atoms with Crippen LogP contribution in [0.5, 0.6) is 5.75 Å². The van der Waals surface area contributed by atoms with Crippen LogP contribution in [0.25, 0.3) is 0 Å². The molecule has 0 atom stereocenters. The van der Waals surface area contributed by atoms with Crippen LogP contribution >= 0.6 is 0 Å². The lowest BCUT2D eigenvalue weighted by Gasteiger charge is -2.34. The zero-order valence-electron chi connectivity index (χ0n) is 15.5. The van der Waals surface area contributed by atoms with Crippen molar-refractivity contribution in [2.75, 3.05) is 5.32 Å². The van der Waals surface area contributed by atoms with Gasteiger partial charge in [-0.1, -0.05) is 37.5 Å². The molecule has 1 saturated carbocycles. The van der Waals surface area contributed by atoms with Gasteiger partial charge in [-0.3, -0.25) is 0 Å². The van der Waals surface area contributed by atoms with Crippen molar-refractivity contribution in [1.29, 1.82) is 0 Å². The normalized spacial score (nSPS) is 15.2. The Labute approximate surface area is 165 Å². The molecule has 28 heavy (non-hydrogen) atoms. The van der Waals surface area contributed by atoms with Crippen LogP contribution in [0.2, 0.25) is 0 Å². The Bertz CT molecular complexity index is 923. The molecule has 7 nitrogen and oxygen atoms in total. The molecule has 0 aliphatic heterocycles. The summed E-state index contributed by atoms with van der Waals surface area (Å²) in [6.45, 7) is 0.304. The average Bonchev–Trinajstić information content (AvgIpc) is 2.67. The Morgan fingerprint density at radius 1 is 1.07 bits per heavy atom. The van der Waals surface area contributed by atoms with Gasteiger partial charge in [-0.2, -0.15) is 0 Å². The number of hydrogen-bond donors (Lipinski definition) is 3. The average molecular weight is 404 g/mol.